The van der Waals surface area contributed by atoms with Crippen molar-refractivity contribution in [2.45, 2.75) is 58.6 Å². The van der Waals surface area contributed by atoms with Crippen molar-refractivity contribution in [3.8, 4) is 0 Å². The summed E-state index contributed by atoms with van der Waals surface area (Å²) in [5.41, 5.74) is 2.76. The van der Waals surface area contributed by atoms with Gasteiger partial charge in [-0.1, -0.05) is 37.1 Å². The average Bonchev–Trinajstić information content (AvgIpc) is 3.17. The van der Waals surface area contributed by atoms with Crippen molar-refractivity contribution in [1.29, 1.82) is 0 Å². The predicted octanol–water partition coefficient (Wildman–Crippen LogP) is 4.24. The van der Waals surface area contributed by atoms with Crippen molar-refractivity contribution in [2.24, 2.45) is 5.92 Å². The number of nitrogens with one attached hydrogen (secondary N) is 1. The molecule has 1 saturated carbocycles. The van der Waals surface area contributed by atoms with Crippen LogP contribution in [-0.2, 0) is 4.74 Å². The van der Waals surface area contributed by atoms with E-state index in [2.05, 4.69) is 57.3 Å². The second kappa shape index (κ2) is 6.73. The van der Waals surface area contributed by atoms with Crippen LogP contribution in [0.1, 0.15) is 57.3 Å². The highest BCUT2D eigenvalue weighted by atomic mass is 16.5. The summed E-state index contributed by atoms with van der Waals surface area (Å²) in [5, 5.41) is 3.58. The normalized spacial score (nSPS) is 17.2. The summed E-state index contributed by atoms with van der Waals surface area (Å²) in [6, 6.07) is 8.57. The molecule has 20 heavy (non-hydrogen) atoms. The molecular formula is C18H29NO. The summed E-state index contributed by atoms with van der Waals surface area (Å²) in [7, 11) is 0. The summed E-state index contributed by atoms with van der Waals surface area (Å²) in [5.74, 6) is 0.933. The molecule has 1 fully saturated rings. The number of rotatable bonds is 7. The van der Waals surface area contributed by atoms with Gasteiger partial charge in [-0.3, -0.25) is 0 Å². The van der Waals surface area contributed by atoms with Gasteiger partial charge < -0.3 is 10.1 Å². The maximum absolute atomic E-state index is 6.19. The van der Waals surface area contributed by atoms with Crippen molar-refractivity contribution in [3.63, 3.8) is 0 Å². The van der Waals surface area contributed by atoms with Gasteiger partial charge in [0.15, 0.2) is 0 Å². The Hall–Kier alpha value is -0.860. The van der Waals surface area contributed by atoms with E-state index in [4.69, 9.17) is 4.74 Å². The average molecular weight is 275 g/mol. The van der Waals surface area contributed by atoms with Gasteiger partial charge in [0.25, 0.3) is 0 Å². The number of aryl methyl sites for hydroxylation is 1. The number of benzene rings is 1. The topological polar surface area (TPSA) is 21.3 Å². The van der Waals surface area contributed by atoms with E-state index in [-0.39, 0.29) is 11.6 Å². The van der Waals surface area contributed by atoms with E-state index in [0.717, 1.165) is 19.1 Å². The summed E-state index contributed by atoms with van der Waals surface area (Å²) >= 11 is 0. The minimum absolute atomic E-state index is 0.126. The van der Waals surface area contributed by atoms with Crippen molar-refractivity contribution < 1.29 is 4.74 Å². The Balaban J connectivity index is 1.96. The quantitative estimate of drug-likeness (QED) is 0.803. The molecule has 1 unspecified atom stereocenters. The minimum atomic E-state index is 0.126. The summed E-state index contributed by atoms with van der Waals surface area (Å²) < 4.78 is 6.19. The Labute approximate surface area is 123 Å². The van der Waals surface area contributed by atoms with E-state index in [1.165, 1.54) is 30.4 Å². The maximum atomic E-state index is 6.19. The Bertz CT molecular complexity index is 418. The fourth-order valence-corrected chi connectivity index (χ4v) is 2.39. The second-order valence-electron chi connectivity index (χ2n) is 7.08. The SMILES string of the molecule is Cc1ccccc1C(CNC(C)(C)C)OCCC1CC1. The number of hydrogen-bond acceptors (Lipinski definition) is 2. The molecule has 2 rings (SSSR count). The monoisotopic (exact) mass is 275 g/mol. The lowest BCUT2D eigenvalue weighted by molar-refractivity contribution is 0.0441. The Morgan fingerprint density at radius 2 is 1.95 bits per heavy atom. The van der Waals surface area contributed by atoms with Crippen LogP contribution in [0.3, 0.4) is 0 Å². The zero-order valence-corrected chi connectivity index (χ0v) is 13.4. The fraction of sp³-hybridized carbons (Fsp3) is 0.667. The molecule has 0 aromatic heterocycles. The summed E-state index contributed by atoms with van der Waals surface area (Å²) in [4.78, 5) is 0. The van der Waals surface area contributed by atoms with E-state index < -0.39 is 0 Å². The van der Waals surface area contributed by atoms with Crippen molar-refractivity contribution in [2.75, 3.05) is 13.2 Å². The highest BCUT2D eigenvalue weighted by Crippen LogP contribution is 2.33. The van der Waals surface area contributed by atoms with E-state index in [0.29, 0.717) is 0 Å². The van der Waals surface area contributed by atoms with Gasteiger partial charge in [0.2, 0.25) is 0 Å². The third kappa shape index (κ3) is 5.26. The first-order chi connectivity index (χ1) is 9.46. The standard InChI is InChI=1S/C18H29NO/c1-14-7-5-6-8-16(14)17(13-19-18(2,3)4)20-12-11-15-9-10-15/h5-8,15,17,19H,9-13H2,1-4H3. The molecule has 0 spiro atoms. The molecule has 0 amide bonds. The van der Waals surface area contributed by atoms with Gasteiger partial charge in [-0.05, 0) is 51.2 Å². The molecule has 0 heterocycles. The predicted molar refractivity (Wildman–Crippen MR) is 85.0 cm³/mol. The van der Waals surface area contributed by atoms with Gasteiger partial charge in [0, 0.05) is 18.7 Å². The van der Waals surface area contributed by atoms with E-state index >= 15 is 0 Å². The van der Waals surface area contributed by atoms with Crippen LogP contribution in [0, 0.1) is 12.8 Å². The lowest BCUT2D eigenvalue weighted by atomic mass is 10.0. The number of ether oxygens (including phenoxy) is 1. The first-order valence-corrected chi connectivity index (χ1v) is 7.88. The van der Waals surface area contributed by atoms with Crippen LogP contribution in [0.15, 0.2) is 24.3 Å². The molecule has 1 aliphatic rings. The van der Waals surface area contributed by atoms with Crippen LogP contribution in [0.25, 0.3) is 0 Å². The zero-order chi connectivity index (χ0) is 14.6. The van der Waals surface area contributed by atoms with Gasteiger partial charge in [-0.2, -0.15) is 0 Å². The van der Waals surface area contributed by atoms with E-state index in [9.17, 15) is 0 Å². The fourth-order valence-electron chi connectivity index (χ4n) is 2.39. The highest BCUT2D eigenvalue weighted by Gasteiger charge is 2.22. The van der Waals surface area contributed by atoms with Crippen LogP contribution >= 0.6 is 0 Å². The third-order valence-electron chi connectivity index (χ3n) is 3.90. The Kier molecular flexibility index (Phi) is 5.22. The van der Waals surface area contributed by atoms with Crippen LogP contribution in [-0.4, -0.2) is 18.7 Å². The first kappa shape index (κ1) is 15.5. The molecular weight excluding hydrogens is 246 g/mol. The molecule has 1 aromatic rings. The van der Waals surface area contributed by atoms with Crippen LogP contribution < -0.4 is 5.32 Å². The lowest BCUT2D eigenvalue weighted by Crippen LogP contribution is -2.39. The second-order valence-corrected chi connectivity index (χ2v) is 7.08. The van der Waals surface area contributed by atoms with Crippen LogP contribution in [0.4, 0.5) is 0 Å². The minimum Gasteiger partial charge on any atom is -0.372 e. The van der Waals surface area contributed by atoms with E-state index in [1.807, 2.05) is 0 Å². The van der Waals surface area contributed by atoms with Crippen LogP contribution in [0.5, 0.6) is 0 Å². The van der Waals surface area contributed by atoms with E-state index in [1.54, 1.807) is 0 Å². The summed E-state index contributed by atoms with van der Waals surface area (Å²) in [6.45, 7) is 10.5. The molecule has 1 atom stereocenters. The summed E-state index contributed by atoms with van der Waals surface area (Å²) in [6.07, 6.45) is 4.18. The molecule has 1 aliphatic carbocycles. The molecule has 2 nitrogen and oxygen atoms in total. The Morgan fingerprint density at radius 1 is 1.25 bits per heavy atom. The molecule has 1 aromatic carbocycles. The Morgan fingerprint density at radius 3 is 2.55 bits per heavy atom. The number of hydrogen-bond donors (Lipinski definition) is 1. The molecule has 0 bridgehead atoms. The van der Waals surface area contributed by atoms with Crippen molar-refractivity contribution in [1.82, 2.24) is 5.32 Å². The van der Waals surface area contributed by atoms with Crippen molar-refractivity contribution >= 4 is 0 Å². The molecule has 112 valence electrons. The van der Waals surface area contributed by atoms with Gasteiger partial charge in [-0.15, -0.1) is 0 Å². The first-order valence-electron chi connectivity index (χ1n) is 7.88. The maximum Gasteiger partial charge on any atom is 0.0951 e. The molecule has 2 heteroatoms. The van der Waals surface area contributed by atoms with Crippen molar-refractivity contribution in [3.05, 3.63) is 35.4 Å². The van der Waals surface area contributed by atoms with Gasteiger partial charge in [0.05, 0.1) is 6.10 Å². The largest absolute Gasteiger partial charge is 0.372 e. The lowest BCUT2D eigenvalue weighted by Gasteiger charge is -2.26. The smallest absolute Gasteiger partial charge is 0.0951 e. The molecule has 1 N–H and O–H groups in total. The van der Waals surface area contributed by atoms with Crippen LogP contribution in [0.2, 0.25) is 0 Å². The molecule has 0 aliphatic heterocycles. The highest BCUT2D eigenvalue weighted by molar-refractivity contribution is 5.28. The third-order valence-corrected chi connectivity index (χ3v) is 3.90. The van der Waals surface area contributed by atoms with Gasteiger partial charge in [0.1, 0.15) is 0 Å². The zero-order valence-electron chi connectivity index (χ0n) is 13.4. The van der Waals surface area contributed by atoms with Gasteiger partial charge in [-0.25, -0.2) is 0 Å². The molecule has 0 saturated heterocycles. The van der Waals surface area contributed by atoms with Gasteiger partial charge >= 0.3 is 0 Å². The molecule has 0 radical (unpaired) electrons.